The number of hydrogen-bond donors (Lipinski definition) is 1. The van der Waals surface area contributed by atoms with Gasteiger partial charge < -0.3 is 9.73 Å². The Morgan fingerprint density at radius 1 is 1.21 bits per heavy atom. The Morgan fingerprint density at radius 3 is 2.89 bits per heavy atom. The van der Waals surface area contributed by atoms with Crippen molar-refractivity contribution in [1.29, 1.82) is 0 Å². The minimum Gasteiger partial charge on any atom is -0.467 e. The van der Waals surface area contributed by atoms with Crippen molar-refractivity contribution in [3.05, 3.63) is 60.7 Å². The van der Waals surface area contributed by atoms with Gasteiger partial charge in [-0.25, -0.2) is 0 Å². The highest BCUT2D eigenvalue weighted by Crippen LogP contribution is 2.24. The number of rotatable bonds is 4. The predicted octanol–water partition coefficient (Wildman–Crippen LogP) is 4.39. The van der Waals surface area contributed by atoms with Crippen LogP contribution in [0.1, 0.15) is 25.1 Å². The van der Waals surface area contributed by atoms with E-state index >= 15 is 0 Å². The molecule has 2 heterocycles. The van der Waals surface area contributed by atoms with Crippen LogP contribution in [0.4, 0.5) is 5.69 Å². The number of anilines is 1. The van der Waals surface area contributed by atoms with Gasteiger partial charge in [-0.1, -0.05) is 25.1 Å². The van der Waals surface area contributed by atoms with Crippen molar-refractivity contribution in [2.24, 2.45) is 0 Å². The maximum absolute atomic E-state index is 5.46. The second kappa shape index (κ2) is 5.14. The summed E-state index contributed by atoms with van der Waals surface area (Å²) in [6.45, 7) is 2.13. The molecular formula is C16H16N2O. The normalized spacial score (nSPS) is 12.5. The number of hydrogen-bond acceptors (Lipinski definition) is 3. The van der Waals surface area contributed by atoms with Crippen molar-refractivity contribution >= 4 is 16.6 Å². The zero-order chi connectivity index (χ0) is 13.1. The van der Waals surface area contributed by atoms with Crippen molar-refractivity contribution in [2.75, 3.05) is 5.32 Å². The molecule has 2 aromatic heterocycles. The lowest BCUT2D eigenvalue weighted by Crippen LogP contribution is -2.08. The van der Waals surface area contributed by atoms with E-state index in [0.717, 1.165) is 28.8 Å². The summed E-state index contributed by atoms with van der Waals surface area (Å²) in [5, 5.41) is 4.61. The molecule has 96 valence electrons. The fourth-order valence-electron chi connectivity index (χ4n) is 2.22. The van der Waals surface area contributed by atoms with Crippen molar-refractivity contribution < 1.29 is 4.42 Å². The lowest BCUT2D eigenvalue weighted by atomic mass is 10.1. The Hall–Kier alpha value is -2.29. The van der Waals surface area contributed by atoms with E-state index in [0.29, 0.717) is 0 Å². The summed E-state index contributed by atoms with van der Waals surface area (Å²) in [6.07, 6.45) is 4.53. The molecule has 1 atom stereocenters. The first kappa shape index (κ1) is 11.8. The van der Waals surface area contributed by atoms with Gasteiger partial charge >= 0.3 is 0 Å². The molecule has 3 heteroatoms. The standard InChI is InChI=1S/C16H16N2O/c1-2-14(16-8-5-9-19-16)18-13-10-12-6-3-4-7-15(12)17-11-13/h3-11,14,18H,2H2,1H3. The van der Waals surface area contributed by atoms with Crippen LogP contribution in [-0.2, 0) is 0 Å². The minimum atomic E-state index is 0.179. The number of furan rings is 1. The summed E-state index contributed by atoms with van der Waals surface area (Å²) < 4.78 is 5.46. The first-order chi connectivity index (χ1) is 9.36. The van der Waals surface area contributed by atoms with E-state index in [4.69, 9.17) is 4.42 Å². The Balaban J connectivity index is 1.88. The number of nitrogens with one attached hydrogen (secondary N) is 1. The van der Waals surface area contributed by atoms with E-state index in [1.165, 1.54) is 0 Å². The Morgan fingerprint density at radius 2 is 2.11 bits per heavy atom. The Bertz CT molecular complexity index is 661. The lowest BCUT2D eigenvalue weighted by Gasteiger charge is -2.16. The van der Waals surface area contributed by atoms with Crippen LogP contribution in [0.15, 0.2) is 59.3 Å². The zero-order valence-corrected chi connectivity index (χ0v) is 10.8. The number of para-hydroxylation sites is 1. The second-order valence-corrected chi connectivity index (χ2v) is 4.54. The molecule has 0 amide bonds. The molecule has 3 aromatic rings. The van der Waals surface area contributed by atoms with Crippen LogP contribution < -0.4 is 5.32 Å². The zero-order valence-electron chi connectivity index (χ0n) is 10.8. The SMILES string of the molecule is CCC(Nc1cnc2ccccc2c1)c1ccco1. The number of pyridine rings is 1. The van der Waals surface area contributed by atoms with E-state index in [2.05, 4.69) is 29.4 Å². The largest absolute Gasteiger partial charge is 0.467 e. The molecule has 0 radical (unpaired) electrons. The van der Waals surface area contributed by atoms with Gasteiger partial charge in [0, 0.05) is 5.39 Å². The molecule has 1 N–H and O–H groups in total. The summed E-state index contributed by atoms with van der Waals surface area (Å²) in [6, 6.07) is 14.3. The second-order valence-electron chi connectivity index (χ2n) is 4.54. The third-order valence-corrected chi connectivity index (χ3v) is 3.23. The van der Waals surface area contributed by atoms with Crippen molar-refractivity contribution in [3.63, 3.8) is 0 Å². The smallest absolute Gasteiger partial charge is 0.125 e. The van der Waals surface area contributed by atoms with Crippen LogP contribution in [-0.4, -0.2) is 4.98 Å². The topological polar surface area (TPSA) is 38.1 Å². The third kappa shape index (κ3) is 2.45. The highest BCUT2D eigenvalue weighted by Gasteiger charge is 2.11. The number of nitrogens with zero attached hydrogens (tertiary/aromatic N) is 1. The maximum atomic E-state index is 5.46. The lowest BCUT2D eigenvalue weighted by molar-refractivity contribution is 0.474. The molecule has 0 aliphatic heterocycles. The van der Waals surface area contributed by atoms with Crippen LogP contribution in [0.5, 0.6) is 0 Å². The average molecular weight is 252 g/mol. The van der Waals surface area contributed by atoms with Crippen LogP contribution in [0.2, 0.25) is 0 Å². The van der Waals surface area contributed by atoms with E-state index in [-0.39, 0.29) is 6.04 Å². The summed E-state index contributed by atoms with van der Waals surface area (Å²) in [5.41, 5.74) is 2.03. The van der Waals surface area contributed by atoms with Gasteiger partial charge in [0.25, 0.3) is 0 Å². The van der Waals surface area contributed by atoms with Gasteiger partial charge in [0.1, 0.15) is 5.76 Å². The molecule has 0 bridgehead atoms. The Labute approximate surface area is 112 Å². The van der Waals surface area contributed by atoms with E-state index in [1.807, 2.05) is 36.5 Å². The molecule has 3 rings (SSSR count). The van der Waals surface area contributed by atoms with Gasteiger partial charge in [0.2, 0.25) is 0 Å². The third-order valence-electron chi connectivity index (χ3n) is 3.23. The number of fused-ring (bicyclic) bond motifs is 1. The summed E-state index contributed by atoms with van der Waals surface area (Å²) >= 11 is 0. The molecule has 0 saturated heterocycles. The molecule has 0 aliphatic carbocycles. The molecule has 0 aliphatic rings. The summed E-state index contributed by atoms with van der Waals surface area (Å²) in [5.74, 6) is 0.954. The molecule has 0 spiro atoms. The minimum absolute atomic E-state index is 0.179. The summed E-state index contributed by atoms with van der Waals surface area (Å²) in [7, 11) is 0. The van der Waals surface area contributed by atoms with Crippen LogP contribution in [0.3, 0.4) is 0 Å². The van der Waals surface area contributed by atoms with E-state index in [9.17, 15) is 0 Å². The van der Waals surface area contributed by atoms with Gasteiger partial charge in [-0.05, 0) is 30.7 Å². The van der Waals surface area contributed by atoms with Gasteiger partial charge in [-0.3, -0.25) is 4.98 Å². The monoisotopic (exact) mass is 252 g/mol. The molecule has 3 nitrogen and oxygen atoms in total. The van der Waals surface area contributed by atoms with E-state index in [1.54, 1.807) is 6.26 Å². The quantitative estimate of drug-likeness (QED) is 0.748. The highest BCUT2D eigenvalue weighted by atomic mass is 16.3. The van der Waals surface area contributed by atoms with E-state index < -0.39 is 0 Å². The first-order valence-electron chi connectivity index (χ1n) is 6.51. The maximum Gasteiger partial charge on any atom is 0.125 e. The average Bonchev–Trinajstić information content (AvgIpc) is 2.98. The van der Waals surface area contributed by atoms with Gasteiger partial charge in [0.05, 0.1) is 29.7 Å². The van der Waals surface area contributed by atoms with Crippen LogP contribution >= 0.6 is 0 Å². The molecule has 19 heavy (non-hydrogen) atoms. The van der Waals surface area contributed by atoms with Crippen molar-refractivity contribution in [1.82, 2.24) is 4.98 Å². The fourth-order valence-corrected chi connectivity index (χ4v) is 2.22. The van der Waals surface area contributed by atoms with Crippen LogP contribution in [0.25, 0.3) is 10.9 Å². The van der Waals surface area contributed by atoms with Crippen molar-refractivity contribution in [2.45, 2.75) is 19.4 Å². The number of benzene rings is 1. The molecule has 1 unspecified atom stereocenters. The Kier molecular flexibility index (Phi) is 3.19. The molecule has 1 aromatic carbocycles. The summed E-state index contributed by atoms with van der Waals surface area (Å²) in [4.78, 5) is 4.46. The van der Waals surface area contributed by atoms with Gasteiger partial charge in [0.15, 0.2) is 0 Å². The number of aromatic nitrogens is 1. The predicted molar refractivity (Wildman–Crippen MR) is 77.1 cm³/mol. The molecular weight excluding hydrogens is 236 g/mol. The van der Waals surface area contributed by atoms with Crippen molar-refractivity contribution in [3.8, 4) is 0 Å². The highest BCUT2D eigenvalue weighted by molar-refractivity contribution is 5.81. The van der Waals surface area contributed by atoms with Gasteiger partial charge in [-0.2, -0.15) is 0 Å². The van der Waals surface area contributed by atoms with Gasteiger partial charge in [-0.15, -0.1) is 0 Å². The molecule has 0 fully saturated rings. The first-order valence-corrected chi connectivity index (χ1v) is 6.51. The molecule has 0 saturated carbocycles. The van der Waals surface area contributed by atoms with Crippen LogP contribution in [0, 0.1) is 0 Å². The fraction of sp³-hybridized carbons (Fsp3) is 0.188.